The van der Waals surface area contributed by atoms with Crippen LogP contribution in [-0.2, 0) is 9.53 Å². The summed E-state index contributed by atoms with van der Waals surface area (Å²) in [7, 11) is 1.63. The Labute approximate surface area is 166 Å². The quantitative estimate of drug-likeness (QED) is 0.655. The van der Waals surface area contributed by atoms with E-state index in [9.17, 15) is 4.79 Å². The molecule has 1 amide bonds. The Morgan fingerprint density at radius 2 is 1.96 bits per heavy atom. The number of carbonyl (C=O) groups excluding carboxylic acids is 1. The molecule has 0 atom stereocenters. The highest BCUT2D eigenvalue weighted by Gasteiger charge is 2.17. The standard InChI is InChI=1S/C20H21BrN2O4/c1-25-17-5-3-16(4-6-17)22-13-15-2-7-19(18(21)12-15)27-14-20(24)23-8-10-26-11-9-23/h2-7,12-13H,8-11,14H2,1H3. The van der Waals surface area contributed by atoms with E-state index in [1.165, 1.54) is 0 Å². The lowest BCUT2D eigenvalue weighted by atomic mass is 10.2. The lowest BCUT2D eigenvalue weighted by Gasteiger charge is -2.26. The summed E-state index contributed by atoms with van der Waals surface area (Å²) in [5.74, 6) is 1.39. The Balaban J connectivity index is 1.57. The van der Waals surface area contributed by atoms with Crippen LogP contribution in [0.4, 0.5) is 5.69 Å². The molecule has 27 heavy (non-hydrogen) atoms. The molecule has 0 spiro atoms. The number of carbonyl (C=O) groups is 1. The predicted molar refractivity (Wildman–Crippen MR) is 107 cm³/mol. The number of benzene rings is 2. The van der Waals surface area contributed by atoms with Crippen molar-refractivity contribution in [2.24, 2.45) is 4.99 Å². The molecule has 1 saturated heterocycles. The number of methoxy groups -OCH3 is 1. The van der Waals surface area contributed by atoms with Gasteiger partial charge in [0.05, 0.1) is 30.5 Å². The van der Waals surface area contributed by atoms with Gasteiger partial charge in [0.25, 0.3) is 5.91 Å². The number of rotatable bonds is 6. The van der Waals surface area contributed by atoms with E-state index in [1.807, 2.05) is 42.5 Å². The van der Waals surface area contributed by atoms with Gasteiger partial charge in [-0.15, -0.1) is 0 Å². The lowest BCUT2D eigenvalue weighted by Crippen LogP contribution is -2.43. The zero-order chi connectivity index (χ0) is 19.1. The molecule has 2 aromatic rings. The Bertz CT molecular complexity index is 802. The number of nitrogens with zero attached hydrogens (tertiary/aromatic N) is 2. The largest absolute Gasteiger partial charge is 0.497 e. The second-order valence-corrected chi connectivity index (χ2v) is 6.78. The summed E-state index contributed by atoms with van der Waals surface area (Å²) in [5.41, 5.74) is 1.76. The van der Waals surface area contributed by atoms with Gasteiger partial charge in [0, 0.05) is 19.3 Å². The third-order valence-electron chi connectivity index (χ3n) is 4.11. The van der Waals surface area contributed by atoms with Crippen molar-refractivity contribution in [2.75, 3.05) is 40.0 Å². The van der Waals surface area contributed by atoms with E-state index in [0.717, 1.165) is 21.5 Å². The predicted octanol–water partition coefficient (Wildman–Crippen LogP) is 3.45. The van der Waals surface area contributed by atoms with Crippen LogP contribution in [0.1, 0.15) is 5.56 Å². The van der Waals surface area contributed by atoms with E-state index >= 15 is 0 Å². The van der Waals surface area contributed by atoms with Crippen molar-refractivity contribution in [3.8, 4) is 11.5 Å². The second kappa shape index (κ2) is 9.53. The monoisotopic (exact) mass is 432 g/mol. The molecule has 1 aliphatic rings. The van der Waals surface area contributed by atoms with Gasteiger partial charge in [-0.1, -0.05) is 0 Å². The van der Waals surface area contributed by atoms with Crippen molar-refractivity contribution in [1.82, 2.24) is 4.90 Å². The Kier molecular flexibility index (Phi) is 6.84. The van der Waals surface area contributed by atoms with E-state index in [4.69, 9.17) is 14.2 Å². The Morgan fingerprint density at radius 1 is 1.22 bits per heavy atom. The summed E-state index contributed by atoms with van der Waals surface area (Å²) < 4.78 is 16.8. The van der Waals surface area contributed by atoms with Gasteiger partial charge in [-0.3, -0.25) is 9.79 Å². The molecule has 1 heterocycles. The van der Waals surface area contributed by atoms with E-state index < -0.39 is 0 Å². The lowest BCUT2D eigenvalue weighted by molar-refractivity contribution is -0.137. The number of hydrogen-bond acceptors (Lipinski definition) is 5. The molecule has 1 fully saturated rings. The normalized spacial score (nSPS) is 14.4. The van der Waals surface area contributed by atoms with E-state index in [-0.39, 0.29) is 12.5 Å². The molecule has 142 valence electrons. The first kappa shape index (κ1) is 19.4. The van der Waals surface area contributed by atoms with Gasteiger partial charge >= 0.3 is 0 Å². The maximum Gasteiger partial charge on any atom is 0.260 e. The maximum atomic E-state index is 12.2. The molecular formula is C20H21BrN2O4. The average Bonchev–Trinajstić information content (AvgIpc) is 2.72. The number of halogens is 1. The molecule has 7 heteroatoms. The minimum Gasteiger partial charge on any atom is -0.497 e. The fourth-order valence-corrected chi connectivity index (χ4v) is 3.09. The zero-order valence-electron chi connectivity index (χ0n) is 15.1. The molecule has 0 unspecified atom stereocenters. The summed E-state index contributed by atoms with van der Waals surface area (Å²) in [5, 5.41) is 0. The Hall–Kier alpha value is -2.38. The third-order valence-corrected chi connectivity index (χ3v) is 4.73. The van der Waals surface area contributed by atoms with Gasteiger partial charge < -0.3 is 19.1 Å². The van der Waals surface area contributed by atoms with E-state index in [1.54, 1.807) is 18.2 Å². The van der Waals surface area contributed by atoms with E-state index in [0.29, 0.717) is 32.1 Å². The Morgan fingerprint density at radius 3 is 2.63 bits per heavy atom. The fraction of sp³-hybridized carbons (Fsp3) is 0.300. The first-order valence-electron chi connectivity index (χ1n) is 8.62. The van der Waals surface area contributed by atoms with Crippen LogP contribution in [0.3, 0.4) is 0 Å². The first-order valence-corrected chi connectivity index (χ1v) is 9.41. The van der Waals surface area contributed by atoms with Crippen molar-refractivity contribution in [3.05, 3.63) is 52.5 Å². The summed E-state index contributed by atoms with van der Waals surface area (Å²) in [4.78, 5) is 18.4. The van der Waals surface area contributed by atoms with Crippen LogP contribution in [-0.4, -0.2) is 57.0 Å². The van der Waals surface area contributed by atoms with Crippen molar-refractivity contribution in [1.29, 1.82) is 0 Å². The van der Waals surface area contributed by atoms with Gasteiger partial charge in [-0.2, -0.15) is 0 Å². The highest BCUT2D eigenvalue weighted by atomic mass is 79.9. The molecule has 0 saturated carbocycles. The van der Waals surface area contributed by atoms with Crippen LogP contribution >= 0.6 is 15.9 Å². The van der Waals surface area contributed by atoms with Crippen molar-refractivity contribution in [3.63, 3.8) is 0 Å². The molecular weight excluding hydrogens is 412 g/mol. The van der Waals surface area contributed by atoms with Gasteiger partial charge in [-0.25, -0.2) is 0 Å². The van der Waals surface area contributed by atoms with Gasteiger partial charge in [0.1, 0.15) is 11.5 Å². The van der Waals surface area contributed by atoms with Crippen LogP contribution in [0.15, 0.2) is 51.9 Å². The van der Waals surface area contributed by atoms with Crippen molar-refractivity contribution < 1.29 is 19.0 Å². The molecule has 0 bridgehead atoms. The fourth-order valence-electron chi connectivity index (χ4n) is 2.58. The minimum atomic E-state index is -0.0321. The van der Waals surface area contributed by atoms with Crippen LogP contribution in [0, 0.1) is 0 Å². The second-order valence-electron chi connectivity index (χ2n) is 5.93. The van der Waals surface area contributed by atoms with Crippen LogP contribution < -0.4 is 9.47 Å². The SMILES string of the molecule is COc1ccc(N=Cc2ccc(OCC(=O)N3CCOCC3)c(Br)c2)cc1. The highest BCUT2D eigenvalue weighted by molar-refractivity contribution is 9.10. The van der Waals surface area contributed by atoms with Gasteiger partial charge in [0.2, 0.25) is 0 Å². The number of aliphatic imine (C=N–C) groups is 1. The van der Waals surface area contributed by atoms with E-state index in [2.05, 4.69) is 20.9 Å². The molecule has 0 aliphatic carbocycles. The summed E-state index contributed by atoms with van der Waals surface area (Å²) >= 11 is 3.49. The molecule has 2 aromatic carbocycles. The summed E-state index contributed by atoms with van der Waals surface area (Å²) in [6.07, 6.45) is 1.77. The summed E-state index contributed by atoms with van der Waals surface area (Å²) in [6, 6.07) is 13.1. The van der Waals surface area contributed by atoms with Crippen LogP contribution in [0.25, 0.3) is 0 Å². The van der Waals surface area contributed by atoms with Crippen LogP contribution in [0.5, 0.6) is 11.5 Å². The molecule has 0 N–H and O–H groups in total. The minimum absolute atomic E-state index is 0.0118. The topological polar surface area (TPSA) is 60.4 Å². The zero-order valence-corrected chi connectivity index (χ0v) is 16.6. The maximum absolute atomic E-state index is 12.2. The van der Waals surface area contributed by atoms with Crippen LogP contribution in [0.2, 0.25) is 0 Å². The third kappa shape index (κ3) is 5.55. The smallest absolute Gasteiger partial charge is 0.260 e. The molecule has 6 nitrogen and oxygen atoms in total. The molecule has 0 radical (unpaired) electrons. The van der Waals surface area contributed by atoms with Crippen molar-refractivity contribution >= 4 is 33.7 Å². The number of amides is 1. The first-order chi connectivity index (χ1) is 13.2. The highest BCUT2D eigenvalue weighted by Crippen LogP contribution is 2.26. The van der Waals surface area contributed by atoms with Crippen molar-refractivity contribution in [2.45, 2.75) is 0 Å². The number of ether oxygens (including phenoxy) is 3. The van der Waals surface area contributed by atoms with Gasteiger partial charge in [0.15, 0.2) is 6.61 Å². The molecule has 1 aliphatic heterocycles. The molecule has 3 rings (SSSR count). The van der Waals surface area contributed by atoms with Gasteiger partial charge in [-0.05, 0) is 64.0 Å². The number of morpholine rings is 1. The average molecular weight is 433 g/mol. The summed E-state index contributed by atoms with van der Waals surface area (Å²) in [6.45, 7) is 2.40. The number of hydrogen-bond donors (Lipinski definition) is 0. The molecule has 0 aromatic heterocycles.